The van der Waals surface area contributed by atoms with Crippen LogP contribution >= 0.6 is 23.2 Å². The molecule has 3 N–H and O–H groups in total. The van der Waals surface area contributed by atoms with Crippen LogP contribution < -0.4 is 26.8 Å². The second-order valence-corrected chi connectivity index (χ2v) is 11.8. The summed E-state index contributed by atoms with van der Waals surface area (Å²) in [6, 6.07) is 11.0. The van der Waals surface area contributed by atoms with Crippen LogP contribution in [-0.2, 0) is 4.79 Å². The Morgan fingerprint density at radius 1 is 0.933 bits per heavy atom. The van der Waals surface area contributed by atoms with Crippen LogP contribution in [0.15, 0.2) is 77.2 Å². The molecule has 2 atom stereocenters. The first-order valence-corrected chi connectivity index (χ1v) is 15.1. The lowest BCUT2D eigenvalue weighted by Crippen LogP contribution is -2.41. The molecule has 2 bridgehead atoms. The Kier molecular flexibility index (Phi) is 7.74. The molecule has 230 valence electrons. The molecule has 0 radical (unpaired) electrons. The average Bonchev–Trinajstić information content (AvgIpc) is 3.69. The number of aromatic nitrogens is 3. The lowest BCUT2D eigenvalue weighted by atomic mass is 9.99. The summed E-state index contributed by atoms with van der Waals surface area (Å²) in [5.74, 6) is -1.36. The minimum atomic E-state index is -0.748. The molecule has 7 rings (SSSR count). The van der Waals surface area contributed by atoms with Crippen LogP contribution in [0, 0.1) is 11.6 Å². The number of nitrogens with one attached hydrogen (secondary N) is 3. The lowest BCUT2D eigenvalue weighted by Gasteiger charge is -2.28. The fraction of sp³-hybridized carbons (Fsp3) is 0.226. The predicted molar refractivity (Wildman–Crippen MR) is 167 cm³/mol. The maximum atomic E-state index is 15.5. The molecule has 10 nitrogen and oxygen atoms in total. The van der Waals surface area contributed by atoms with Crippen molar-refractivity contribution in [3.63, 3.8) is 0 Å². The number of halogens is 4. The summed E-state index contributed by atoms with van der Waals surface area (Å²) in [6.45, 7) is 1.22. The second kappa shape index (κ2) is 11.9. The third-order valence-corrected chi connectivity index (χ3v) is 8.81. The van der Waals surface area contributed by atoms with Gasteiger partial charge < -0.3 is 5.32 Å². The minimum absolute atomic E-state index is 0.00651. The molecular formula is C31H26Cl2F2N8O2. The number of hydrazine groups is 2. The number of rotatable bonds is 3. The van der Waals surface area contributed by atoms with Gasteiger partial charge in [-0.3, -0.25) is 34.5 Å². The first-order valence-electron chi connectivity index (χ1n) is 14.3. The van der Waals surface area contributed by atoms with Crippen molar-refractivity contribution in [2.24, 2.45) is 0 Å². The predicted octanol–water partition coefficient (Wildman–Crippen LogP) is 5.17. The fourth-order valence-electron chi connectivity index (χ4n) is 6.17. The molecule has 0 unspecified atom stereocenters. The standard InChI is InChI=1S/C31H26Cl2F2N8O2/c32-20-4-6-25(43-15-27(33)39-40-43)29(30(20)35)23-14-28(44)42(16-37-23)24-8-11-41-10-1-2-26(41)31(45)38-21-5-3-18(34)13-19(21)17-7-9-36-22(24)12-17/h3-7,9,12-16,24,26,39-40H,1-2,8,10-11H2,(H,38,45)/t24-,26-/m0/s1. The first-order chi connectivity index (χ1) is 21.8. The van der Waals surface area contributed by atoms with Crippen LogP contribution in [0.3, 0.4) is 0 Å². The maximum Gasteiger partial charge on any atom is 0.254 e. The highest BCUT2D eigenvalue weighted by atomic mass is 35.5. The van der Waals surface area contributed by atoms with Crippen molar-refractivity contribution in [3.05, 3.63) is 105 Å². The van der Waals surface area contributed by atoms with Crippen molar-refractivity contribution in [2.75, 3.05) is 23.4 Å². The van der Waals surface area contributed by atoms with Crippen LogP contribution in [0.4, 0.5) is 20.2 Å². The number of hydrogen-bond acceptors (Lipinski definition) is 8. The molecule has 0 saturated carbocycles. The van der Waals surface area contributed by atoms with E-state index in [-0.39, 0.29) is 33.4 Å². The Morgan fingerprint density at radius 3 is 2.60 bits per heavy atom. The molecule has 3 aliphatic heterocycles. The molecule has 14 heteroatoms. The van der Waals surface area contributed by atoms with E-state index in [9.17, 15) is 14.0 Å². The molecule has 2 aromatic heterocycles. The summed E-state index contributed by atoms with van der Waals surface area (Å²) >= 11 is 12.2. The van der Waals surface area contributed by atoms with E-state index >= 15 is 4.39 Å². The molecular weight excluding hydrogens is 625 g/mol. The topological polar surface area (TPSA) is 107 Å². The van der Waals surface area contributed by atoms with Crippen molar-refractivity contribution < 1.29 is 13.6 Å². The number of fused-ring (bicyclic) bond motifs is 5. The molecule has 2 aromatic carbocycles. The van der Waals surface area contributed by atoms with Crippen LogP contribution in [0.2, 0.25) is 5.02 Å². The molecule has 0 spiro atoms. The van der Waals surface area contributed by atoms with E-state index in [1.165, 1.54) is 46.4 Å². The average molecular weight is 652 g/mol. The zero-order valence-electron chi connectivity index (χ0n) is 23.6. The van der Waals surface area contributed by atoms with Gasteiger partial charge in [0.05, 0.1) is 52.3 Å². The minimum Gasteiger partial charge on any atom is -0.324 e. The number of amides is 1. The van der Waals surface area contributed by atoms with Crippen molar-refractivity contribution in [1.29, 1.82) is 0 Å². The Morgan fingerprint density at radius 2 is 1.80 bits per heavy atom. The fourth-order valence-corrected chi connectivity index (χ4v) is 6.47. The molecule has 45 heavy (non-hydrogen) atoms. The van der Waals surface area contributed by atoms with Gasteiger partial charge in [0.1, 0.15) is 11.0 Å². The third kappa shape index (κ3) is 5.54. The largest absolute Gasteiger partial charge is 0.324 e. The summed E-state index contributed by atoms with van der Waals surface area (Å²) in [7, 11) is 0. The van der Waals surface area contributed by atoms with Crippen molar-refractivity contribution in [2.45, 2.75) is 31.3 Å². The maximum absolute atomic E-state index is 15.5. The van der Waals surface area contributed by atoms with Crippen LogP contribution in [-0.4, -0.2) is 44.5 Å². The van der Waals surface area contributed by atoms with Gasteiger partial charge in [0.2, 0.25) is 5.91 Å². The van der Waals surface area contributed by atoms with Gasteiger partial charge in [-0.2, -0.15) is 0 Å². The monoisotopic (exact) mass is 650 g/mol. The van der Waals surface area contributed by atoms with E-state index in [2.05, 4.69) is 31.1 Å². The van der Waals surface area contributed by atoms with Gasteiger partial charge in [0.25, 0.3) is 5.56 Å². The number of hydrogen-bond donors (Lipinski definition) is 3. The summed E-state index contributed by atoms with van der Waals surface area (Å²) < 4.78 is 31.4. The lowest BCUT2D eigenvalue weighted by molar-refractivity contribution is -0.120. The molecule has 3 aliphatic rings. The highest BCUT2D eigenvalue weighted by Crippen LogP contribution is 2.37. The quantitative estimate of drug-likeness (QED) is 0.261. The molecule has 5 heterocycles. The zero-order chi connectivity index (χ0) is 31.2. The van der Waals surface area contributed by atoms with Gasteiger partial charge in [0, 0.05) is 30.1 Å². The Bertz CT molecular complexity index is 1920. The molecule has 4 aromatic rings. The second-order valence-electron chi connectivity index (χ2n) is 11.0. The summed E-state index contributed by atoms with van der Waals surface area (Å²) in [6.07, 6.45) is 6.43. The van der Waals surface area contributed by atoms with Gasteiger partial charge in [-0.1, -0.05) is 23.2 Å². The normalized spacial score (nSPS) is 20.0. The molecule has 1 fully saturated rings. The first kappa shape index (κ1) is 29.4. The Balaban J connectivity index is 1.33. The van der Waals surface area contributed by atoms with E-state index in [1.807, 2.05) is 0 Å². The Labute approximate surface area is 266 Å². The number of carbonyl (C=O) groups excluding carboxylic acids is 1. The SMILES string of the molecule is O=C1Nc2ccc(F)cc2-c2ccnc(c2)[C@@H](n2cnc(-c3c(N4C=C(Cl)NN4)ccc(Cl)c3F)cc2=O)CCN2CCC[C@@H]12. The smallest absolute Gasteiger partial charge is 0.254 e. The Hall–Kier alpha value is -4.36. The van der Waals surface area contributed by atoms with Crippen LogP contribution in [0.1, 0.15) is 31.0 Å². The zero-order valence-corrected chi connectivity index (χ0v) is 25.1. The van der Waals surface area contributed by atoms with Crippen LogP contribution in [0.5, 0.6) is 0 Å². The van der Waals surface area contributed by atoms with Gasteiger partial charge in [-0.25, -0.2) is 13.8 Å². The van der Waals surface area contributed by atoms with E-state index < -0.39 is 23.2 Å². The van der Waals surface area contributed by atoms with Gasteiger partial charge in [-0.15, -0.1) is 5.53 Å². The van der Waals surface area contributed by atoms with Crippen molar-refractivity contribution in [3.8, 4) is 22.4 Å². The number of benzene rings is 2. The highest BCUT2D eigenvalue weighted by Gasteiger charge is 2.33. The number of pyridine rings is 1. The number of anilines is 2. The van der Waals surface area contributed by atoms with Crippen molar-refractivity contribution >= 4 is 40.5 Å². The number of nitrogens with zero attached hydrogens (tertiary/aromatic N) is 5. The third-order valence-electron chi connectivity index (χ3n) is 8.33. The molecule has 1 saturated heterocycles. The van der Waals surface area contributed by atoms with Gasteiger partial charge in [0.15, 0.2) is 5.82 Å². The summed E-state index contributed by atoms with van der Waals surface area (Å²) in [5.41, 5.74) is 7.64. The van der Waals surface area contributed by atoms with E-state index in [4.69, 9.17) is 23.2 Å². The molecule has 0 aliphatic carbocycles. The van der Waals surface area contributed by atoms with E-state index in [0.29, 0.717) is 47.6 Å². The number of carbonyl (C=O) groups is 1. The van der Waals surface area contributed by atoms with Gasteiger partial charge in [-0.05, 0) is 73.8 Å². The molecule has 1 amide bonds. The summed E-state index contributed by atoms with van der Waals surface area (Å²) in [5, 5.41) is 4.60. The van der Waals surface area contributed by atoms with Crippen LogP contribution in [0.25, 0.3) is 22.4 Å². The highest BCUT2D eigenvalue weighted by molar-refractivity contribution is 6.31. The van der Waals surface area contributed by atoms with E-state index in [1.54, 1.807) is 30.5 Å². The summed E-state index contributed by atoms with van der Waals surface area (Å²) in [4.78, 5) is 38.4. The van der Waals surface area contributed by atoms with Crippen molar-refractivity contribution in [1.82, 2.24) is 30.4 Å². The van der Waals surface area contributed by atoms with E-state index in [0.717, 1.165) is 13.0 Å². The van der Waals surface area contributed by atoms with Gasteiger partial charge >= 0.3 is 0 Å².